The van der Waals surface area contributed by atoms with Gasteiger partial charge in [0.2, 0.25) is 0 Å². The molecule has 3 heteroatoms. The number of benzene rings is 1. The van der Waals surface area contributed by atoms with E-state index in [1.165, 1.54) is 11.1 Å². The van der Waals surface area contributed by atoms with Crippen LogP contribution in [0.25, 0.3) is 11.8 Å². The lowest BCUT2D eigenvalue weighted by molar-refractivity contribution is 0.384. The molecule has 20 heavy (non-hydrogen) atoms. The van der Waals surface area contributed by atoms with Gasteiger partial charge in [-0.05, 0) is 41.5 Å². The van der Waals surface area contributed by atoms with E-state index in [2.05, 4.69) is 44.1 Å². The number of hydrogen-bond acceptors (Lipinski definition) is 1. The summed E-state index contributed by atoms with van der Waals surface area (Å²) in [6.45, 7) is 6.80. The van der Waals surface area contributed by atoms with Crippen molar-refractivity contribution in [3.8, 4) is 0 Å². The second kappa shape index (κ2) is 6.27. The molecule has 0 atom stereocenters. The van der Waals surface area contributed by atoms with Gasteiger partial charge in [-0.1, -0.05) is 44.5 Å². The predicted octanol–water partition coefficient (Wildman–Crippen LogP) is 5.36. The van der Waals surface area contributed by atoms with Crippen molar-refractivity contribution in [1.29, 1.82) is 0 Å². The summed E-state index contributed by atoms with van der Waals surface area (Å²) in [7, 11) is 0. The maximum atomic E-state index is 5.97. The van der Waals surface area contributed by atoms with Crippen LogP contribution < -0.4 is 0 Å². The van der Waals surface area contributed by atoms with Gasteiger partial charge in [0.05, 0.1) is 6.33 Å². The lowest BCUT2D eigenvalue weighted by Crippen LogP contribution is -2.05. The Morgan fingerprint density at radius 2 is 1.95 bits per heavy atom. The van der Waals surface area contributed by atoms with E-state index in [4.69, 9.17) is 11.6 Å². The standard InChI is InChI=1S/C17H21ClN2/c1-17(2,3)9-8-15(12-20-11-10-19-13-20)14-4-6-16(18)7-5-14/h4-7,10-13H,8-9H2,1-3H3. The molecule has 0 saturated heterocycles. The van der Waals surface area contributed by atoms with Crippen molar-refractivity contribution in [2.75, 3.05) is 0 Å². The number of halogens is 1. The highest BCUT2D eigenvalue weighted by Gasteiger charge is 2.12. The Hall–Kier alpha value is -1.54. The molecule has 0 unspecified atom stereocenters. The van der Waals surface area contributed by atoms with E-state index in [9.17, 15) is 0 Å². The minimum atomic E-state index is 0.320. The minimum Gasteiger partial charge on any atom is -0.313 e. The van der Waals surface area contributed by atoms with Crippen LogP contribution in [0, 0.1) is 5.41 Å². The Morgan fingerprint density at radius 1 is 1.25 bits per heavy atom. The molecule has 1 aromatic carbocycles. The zero-order valence-electron chi connectivity index (χ0n) is 12.3. The Labute approximate surface area is 126 Å². The number of imidazole rings is 1. The molecule has 0 spiro atoms. The van der Waals surface area contributed by atoms with E-state index in [0.717, 1.165) is 17.9 Å². The summed E-state index contributed by atoms with van der Waals surface area (Å²) in [6, 6.07) is 8.03. The van der Waals surface area contributed by atoms with E-state index in [-0.39, 0.29) is 0 Å². The first kappa shape index (κ1) is 14.9. The Kier molecular flexibility index (Phi) is 4.66. The molecule has 0 N–H and O–H groups in total. The summed E-state index contributed by atoms with van der Waals surface area (Å²) in [5, 5.41) is 0.770. The molecule has 2 aromatic rings. The van der Waals surface area contributed by atoms with Gasteiger partial charge in [-0.3, -0.25) is 0 Å². The second-order valence-electron chi connectivity index (χ2n) is 6.23. The third-order valence-corrected chi connectivity index (χ3v) is 3.44. The fraction of sp³-hybridized carbons (Fsp3) is 0.353. The zero-order valence-corrected chi connectivity index (χ0v) is 13.1. The Bertz CT molecular complexity index is 560. The van der Waals surface area contributed by atoms with E-state index < -0.39 is 0 Å². The molecule has 0 bridgehead atoms. The maximum Gasteiger partial charge on any atom is 0.0986 e. The third kappa shape index (κ3) is 4.53. The van der Waals surface area contributed by atoms with Crippen LogP contribution >= 0.6 is 11.6 Å². The average molecular weight is 289 g/mol. The summed E-state index contributed by atoms with van der Waals surface area (Å²) >= 11 is 5.97. The third-order valence-electron chi connectivity index (χ3n) is 3.19. The molecule has 1 aromatic heterocycles. The van der Waals surface area contributed by atoms with Crippen LogP contribution in [0.2, 0.25) is 5.02 Å². The minimum absolute atomic E-state index is 0.320. The molecular weight excluding hydrogens is 268 g/mol. The molecule has 2 rings (SSSR count). The van der Waals surface area contributed by atoms with Crippen molar-refractivity contribution < 1.29 is 0 Å². The first-order valence-corrected chi connectivity index (χ1v) is 7.26. The molecule has 106 valence electrons. The zero-order chi connectivity index (χ0) is 14.6. The van der Waals surface area contributed by atoms with Crippen LogP contribution in [-0.2, 0) is 0 Å². The van der Waals surface area contributed by atoms with E-state index in [0.29, 0.717) is 5.41 Å². The van der Waals surface area contributed by atoms with Crippen LogP contribution in [0.3, 0.4) is 0 Å². The lowest BCUT2D eigenvalue weighted by Gasteiger charge is -2.19. The largest absolute Gasteiger partial charge is 0.313 e. The molecule has 0 aliphatic carbocycles. The van der Waals surface area contributed by atoms with Crippen molar-refractivity contribution >= 4 is 23.4 Å². The Morgan fingerprint density at radius 3 is 2.50 bits per heavy atom. The van der Waals surface area contributed by atoms with Gasteiger partial charge in [0.15, 0.2) is 0 Å². The van der Waals surface area contributed by atoms with Crippen LogP contribution in [0.5, 0.6) is 0 Å². The van der Waals surface area contributed by atoms with Gasteiger partial charge in [0, 0.05) is 23.6 Å². The normalized spacial score (nSPS) is 12.7. The summed E-state index contributed by atoms with van der Waals surface area (Å²) in [6.07, 6.45) is 9.86. The van der Waals surface area contributed by atoms with E-state index >= 15 is 0 Å². The molecule has 0 aliphatic rings. The maximum absolute atomic E-state index is 5.97. The van der Waals surface area contributed by atoms with Gasteiger partial charge in [0.25, 0.3) is 0 Å². The van der Waals surface area contributed by atoms with Gasteiger partial charge in [-0.2, -0.15) is 0 Å². The van der Waals surface area contributed by atoms with Gasteiger partial charge in [-0.25, -0.2) is 4.98 Å². The summed E-state index contributed by atoms with van der Waals surface area (Å²) in [5.74, 6) is 0. The highest BCUT2D eigenvalue weighted by molar-refractivity contribution is 6.30. The van der Waals surface area contributed by atoms with Crippen LogP contribution in [0.1, 0.15) is 39.2 Å². The number of hydrogen-bond donors (Lipinski definition) is 0. The Balaban J connectivity index is 2.26. The molecule has 0 saturated carbocycles. The molecule has 0 radical (unpaired) electrons. The highest BCUT2D eigenvalue weighted by Crippen LogP contribution is 2.29. The lowest BCUT2D eigenvalue weighted by atomic mass is 9.87. The molecule has 1 heterocycles. The first-order chi connectivity index (χ1) is 9.44. The van der Waals surface area contributed by atoms with Crippen molar-refractivity contribution in [2.45, 2.75) is 33.6 Å². The number of allylic oxidation sites excluding steroid dienone is 1. The highest BCUT2D eigenvalue weighted by atomic mass is 35.5. The predicted molar refractivity (Wildman–Crippen MR) is 86.5 cm³/mol. The number of rotatable bonds is 4. The molecule has 2 nitrogen and oxygen atoms in total. The van der Waals surface area contributed by atoms with Gasteiger partial charge in [-0.15, -0.1) is 0 Å². The SMILES string of the molecule is CC(C)(C)CCC(=Cn1ccnc1)c1ccc(Cl)cc1. The molecule has 0 aliphatic heterocycles. The second-order valence-corrected chi connectivity index (χ2v) is 6.67. The fourth-order valence-electron chi connectivity index (χ4n) is 1.98. The van der Waals surface area contributed by atoms with Gasteiger partial charge in [0.1, 0.15) is 0 Å². The smallest absolute Gasteiger partial charge is 0.0986 e. The van der Waals surface area contributed by atoms with Crippen LogP contribution in [0.4, 0.5) is 0 Å². The summed E-state index contributed by atoms with van der Waals surface area (Å²) in [4.78, 5) is 4.09. The molecule has 0 fully saturated rings. The van der Waals surface area contributed by atoms with Crippen molar-refractivity contribution in [3.05, 3.63) is 53.6 Å². The molecule has 0 amide bonds. The summed E-state index contributed by atoms with van der Waals surface area (Å²) in [5.41, 5.74) is 2.84. The van der Waals surface area contributed by atoms with Crippen LogP contribution in [-0.4, -0.2) is 9.55 Å². The molecular formula is C17H21ClN2. The quantitative estimate of drug-likeness (QED) is 0.740. The van der Waals surface area contributed by atoms with Gasteiger partial charge >= 0.3 is 0 Å². The van der Waals surface area contributed by atoms with E-state index in [1.807, 2.05) is 29.2 Å². The summed E-state index contributed by atoms with van der Waals surface area (Å²) < 4.78 is 1.99. The van der Waals surface area contributed by atoms with Crippen LogP contribution in [0.15, 0.2) is 43.0 Å². The van der Waals surface area contributed by atoms with Crippen molar-refractivity contribution in [3.63, 3.8) is 0 Å². The topological polar surface area (TPSA) is 17.8 Å². The first-order valence-electron chi connectivity index (χ1n) is 6.88. The average Bonchev–Trinajstić information content (AvgIpc) is 2.87. The fourth-order valence-corrected chi connectivity index (χ4v) is 2.11. The van der Waals surface area contributed by atoms with Crippen molar-refractivity contribution in [2.24, 2.45) is 5.41 Å². The van der Waals surface area contributed by atoms with E-state index in [1.54, 1.807) is 6.20 Å². The monoisotopic (exact) mass is 288 g/mol. The number of nitrogens with zero attached hydrogens (tertiary/aromatic N) is 2. The van der Waals surface area contributed by atoms with Crippen molar-refractivity contribution in [1.82, 2.24) is 9.55 Å². The number of aromatic nitrogens is 2. The van der Waals surface area contributed by atoms with Gasteiger partial charge < -0.3 is 4.57 Å².